The van der Waals surface area contributed by atoms with Crippen molar-refractivity contribution in [3.63, 3.8) is 0 Å². The molecule has 15 heavy (non-hydrogen) atoms. The van der Waals surface area contributed by atoms with Crippen LogP contribution in [0.1, 0.15) is 39.0 Å². The minimum atomic E-state index is 0.415. The lowest BCUT2D eigenvalue weighted by atomic mass is 10.1. The summed E-state index contributed by atoms with van der Waals surface area (Å²) < 4.78 is 0. The summed E-state index contributed by atoms with van der Waals surface area (Å²) in [5.74, 6) is 0. The number of hydrogen-bond donors (Lipinski definition) is 1. The monoisotopic (exact) mass is 212 g/mol. The second kappa shape index (κ2) is 7.83. The van der Waals surface area contributed by atoms with Crippen LogP contribution in [0.5, 0.6) is 0 Å². The average Bonchev–Trinajstić information content (AvgIpc) is 2.45. The van der Waals surface area contributed by atoms with Crippen LogP contribution in [0.3, 0.4) is 0 Å². The predicted octanol–water partition coefficient (Wildman–Crippen LogP) is 1.43. The van der Waals surface area contributed by atoms with Crippen LogP contribution in [0.15, 0.2) is 0 Å². The zero-order valence-corrected chi connectivity index (χ0v) is 9.87. The van der Waals surface area contributed by atoms with Gasteiger partial charge in [0.2, 0.25) is 0 Å². The summed E-state index contributed by atoms with van der Waals surface area (Å²) in [5.41, 5.74) is 0. The number of carbonyl (C=O) groups excluding carboxylic acids is 1. The fourth-order valence-electron chi connectivity index (χ4n) is 2.11. The van der Waals surface area contributed by atoms with Gasteiger partial charge < -0.3 is 15.0 Å². The maximum atomic E-state index is 10.4. The summed E-state index contributed by atoms with van der Waals surface area (Å²) in [6.45, 7) is 6.78. The van der Waals surface area contributed by atoms with Gasteiger partial charge in [-0.3, -0.25) is 0 Å². The van der Waals surface area contributed by atoms with Gasteiger partial charge in [-0.2, -0.15) is 0 Å². The number of nitrogens with zero attached hydrogens (tertiary/aromatic N) is 1. The van der Waals surface area contributed by atoms with E-state index in [-0.39, 0.29) is 0 Å². The molecule has 1 fully saturated rings. The van der Waals surface area contributed by atoms with Crippen LogP contribution >= 0.6 is 0 Å². The molecule has 1 rings (SSSR count). The fraction of sp³-hybridized carbons (Fsp3) is 0.917. The van der Waals surface area contributed by atoms with Gasteiger partial charge in [-0.15, -0.1) is 0 Å². The first-order valence-corrected chi connectivity index (χ1v) is 6.26. The second-order valence-electron chi connectivity index (χ2n) is 4.39. The molecule has 1 atom stereocenters. The Bertz CT molecular complexity index is 173. The zero-order chi connectivity index (χ0) is 10.9. The molecule has 3 nitrogen and oxygen atoms in total. The van der Waals surface area contributed by atoms with E-state index in [9.17, 15) is 4.79 Å². The third-order valence-electron chi connectivity index (χ3n) is 3.11. The van der Waals surface area contributed by atoms with Crippen LogP contribution in [-0.4, -0.2) is 43.4 Å². The lowest BCUT2D eigenvalue weighted by Gasteiger charge is -2.19. The summed E-state index contributed by atoms with van der Waals surface area (Å²) in [5, 5.41) is 3.43. The molecular formula is C12H24N2O. The van der Waals surface area contributed by atoms with Gasteiger partial charge >= 0.3 is 0 Å². The lowest BCUT2D eigenvalue weighted by molar-refractivity contribution is -0.108. The largest absolute Gasteiger partial charge is 0.312 e. The number of carbonyl (C=O) groups is 1. The topological polar surface area (TPSA) is 32.3 Å². The van der Waals surface area contributed by atoms with Crippen molar-refractivity contribution in [3.05, 3.63) is 0 Å². The molecule has 1 aliphatic heterocycles. The standard InChI is InChI=1S/C12H24N2O/c1-2-3-4-8-14-9-5-12(6-11-15)13-7-10-14/h11-13H,2-10H2,1H3. The highest BCUT2D eigenvalue weighted by molar-refractivity contribution is 5.50. The summed E-state index contributed by atoms with van der Waals surface area (Å²) >= 11 is 0. The van der Waals surface area contributed by atoms with Crippen LogP contribution in [0.4, 0.5) is 0 Å². The normalized spacial score (nSPS) is 23.7. The molecule has 0 amide bonds. The van der Waals surface area contributed by atoms with Crippen molar-refractivity contribution in [2.45, 2.75) is 45.1 Å². The molecule has 3 heteroatoms. The molecule has 88 valence electrons. The van der Waals surface area contributed by atoms with Crippen molar-refractivity contribution in [1.82, 2.24) is 10.2 Å². The highest BCUT2D eigenvalue weighted by atomic mass is 16.1. The van der Waals surface area contributed by atoms with Gasteiger partial charge in [-0.25, -0.2) is 0 Å². The van der Waals surface area contributed by atoms with Crippen LogP contribution in [-0.2, 0) is 4.79 Å². The van der Waals surface area contributed by atoms with E-state index in [0.29, 0.717) is 12.5 Å². The number of nitrogens with one attached hydrogen (secondary N) is 1. The minimum Gasteiger partial charge on any atom is -0.312 e. The number of rotatable bonds is 6. The molecule has 1 heterocycles. The highest BCUT2D eigenvalue weighted by Gasteiger charge is 2.15. The third kappa shape index (κ3) is 5.28. The van der Waals surface area contributed by atoms with E-state index < -0.39 is 0 Å². The van der Waals surface area contributed by atoms with Gasteiger partial charge in [-0.1, -0.05) is 19.8 Å². The first-order valence-electron chi connectivity index (χ1n) is 6.26. The molecule has 1 unspecified atom stereocenters. The number of unbranched alkanes of at least 4 members (excludes halogenated alkanes) is 2. The molecule has 1 aliphatic rings. The summed E-state index contributed by atoms with van der Waals surface area (Å²) in [4.78, 5) is 12.9. The summed E-state index contributed by atoms with van der Waals surface area (Å²) in [6.07, 6.45) is 6.76. The van der Waals surface area contributed by atoms with E-state index in [1.807, 2.05) is 0 Å². The maximum Gasteiger partial charge on any atom is 0.121 e. The molecule has 0 bridgehead atoms. The predicted molar refractivity (Wildman–Crippen MR) is 63.1 cm³/mol. The minimum absolute atomic E-state index is 0.415. The molecule has 0 spiro atoms. The van der Waals surface area contributed by atoms with E-state index in [2.05, 4.69) is 17.1 Å². The van der Waals surface area contributed by atoms with Crippen molar-refractivity contribution in [2.24, 2.45) is 0 Å². The van der Waals surface area contributed by atoms with Crippen molar-refractivity contribution < 1.29 is 4.79 Å². The Hall–Kier alpha value is -0.410. The Morgan fingerprint density at radius 1 is 1.40 bits per heavy atom. The number of aldehydes is 1. The van der Waals surface area contributed by atoms with Crippen molar-refractivity contribution in [2.75, 3.05) is 26.2 Å². The second-order valence-corrected chi connectivity index (χ2v) is 4.39. The molecule has 0 aromatic rings. The zero-order valence-electron chi connectivity index (χ0n) is 9.87. The molecule has 0 radical (unpaired) electrons. The Kier molecular flexibility index (Phi) is 6.60. The molecule has 0 aromatic carbocycles. The SMILES string of the molecule is CCCCCN1CCNC(CC=O)CC1. The van der Waals surface area contributed by atoms with Crippen LogP contribution in [0.2, 0.25) is 0 Å². The smallest absolute Gasteiger partial charge is 0.121 e. The van der Waals surface area contributed by atoms with Crippen molar-refractivity contribution >= 4 is 6.29 Å². The Morgan fingerprint density at radius 3 is 3.00 bits per heavy atom. The van der Waals surface area contributed by atoms with Crippen LogP contribution in [0.25, 0.3) is 0 Å². The van der Waals surface area contributed by atoms with E-state index in [1.165, 1.54) is 25.8 Å². The first kappa shape index (κ1) is 12.7. The molecule has 0 saturated carbocycles. The fourth-order valence-corrected chi connectivity index (χ4v) is 2.11. The average molecular weight is 212 g/mol. The molecule has 0 aromatic heterocycles. The highest BCUT2D eigenvalue weighted by Crippen LogP contribution is 2.05. The lowest BCUT2D eigenvalue weighted by Crippen LogP contribution is -2.31. The van der Waals surface area contributed by atoms with Crippen LogP contribution in [0, 0.1) is 0 Å². The van der Waals surface area contributed by atoms with Gasteiger partial charge in [0.1, 0.15) is 6.29 Å². The molecular weight excluding hydrogens is 188 g/mol. The van der Waals surface area contributed by atoms with E-state index >= 15 is 0 Å². The van der Waals surface area contributed by atoms with Gasteiger partial charge in [0.25, 0.3) is 0 Å². The molecule has 1 N–H and O–H groups in total. The van der Waals surface area contributed by atoms with Gasteiger partial charge in [-0.05, 0) is 25.9 Å². The Balaban J connectivity index is 2.17. The molecule has 0 aliphatic carbocycles. The first-order chi connectivity index (χ1) is 7.36. The molecule has 1 saturated heterocycles. The quantitative estimate of drug-likeness (QED) is 0.534. The Labute approximate surface area is 93.2 Å². The third-order valence-corrected chi connectivity index (χ3v) is 3.11. The Morgan fingerprint density at radius 2 is 2.27 bits per heavy atom. The van der Waals surface area contributed by atoms with Gasteiger partial charge in [0, 0.05) is 25.6 Å². The van der Waals surface area contributed by atoms with Crippen molar-refractivity contribution in [1.29, 1.82) is 0 Å². The number of hydrogen-bond acceptors (Lipinski definition) is 3. The van der Waals surface area contributed by atoms with E-state index in [0.717, 1.165) is 32.3 Å². The summed E-state index contributed by atoms with van der Waals surface area (Å²) in [6, 6.07) is 0.415. The maximum absolute atomic E-state index is 10.4. The van der Waals surface area contributed by atoms with E-state index in [4.69, 9.17) is 0 Å². The van der Waals surface area contributed by atoms with Gasteiger partial charge in [0.15, 0.2) is 0 Å². The summed E-state index contributed by atoms with van der Waals surface area (Å²) in [7, 11) is 0. The van der Waals surface area contributed by atoms with Gasteiger partial charge in [0.05, 0.1) is 0 Å². The van der Waals surface area contributed by atoms with Crippen molar-refractivity contribution in [3.8, 4) is 0 Å². The van der Waals surface area contributed by atoms with Crippen LogP contribution < -0.4 is 5.32 Å². The van der Waals surface area contributed by atoms with E-state index in [1.54, 1.807) is 0 Å².